The van der Waals surface area contributed by atoms with Gasteiger partial charge >= 0.3 is 5.97 Å². The lowest BCUT2D eigenvalue weighted by Gasteiger charge is -2.17. The number of aromatic nitrogens is 1. The Morgan fingerprint density at radius 1 is 1.27 bits per heavy atom. The Balaban J connectivity index is 1.58. The number of aryl methyl sites for hydroxylation is 2. The van der Waals surface area contributed by atoms with Crippen LogP contribution in [0.2, 0.25) is 0 Å². The van der Waals surface area contributed by atoms with Gasteiger partial charge in [-0.25, -0.2) is 4.98 Å². The minimum absolute atomic E-state index is 0.577. The highest BCUT2D eigenvalue weighted by molar-refractivity contribution is 5.72. The summed E-state index contributed by atoms with van der Waals surface area (Å²) < 4.78 is 0. The van der Waals surface area contributed by atoms with Crippen LogP contribution in [-0.2, 0) is 17.6 Å². The molecule has 0 amide bonds. The van der Waals surface area contributed by atoms with Crippen LogP contribution < -0.4 is 11.1 Å². The van der Waals surface area contributed by atoms with E-state index in [1.165, 1.54) is 17.7 Å². The second-order valence-electron chi connectivity index (χ2n) is 6.09. The van der Waals surface area contributed by atoms with Crippen molar-refractivity contribution >= 4 is 11.8 Å². The summed E-state index contributed by atoms with van der Waals surface area (Å²) in [6.07, 6.45) is 9.31. The number of nitrogens with two attached hydrogens (primary N) is 1. The van der Waals surface area contributed by atoms with E-state index in [0.29, 0.717) is 6.42 Å². The van der Waals surface area contributed by atoms with Crippen LogP contribution in [-0.4, -0.2) is 28.6 Å². The zero-order chi connectivity index (χ0) is 15.8. The van der Waals surface area contributed by atoms with E-state index in [2.05, 4.69) is 17.4 Å². The molecule has 0 saturated carbocycles. The molecule has 0 bridgehead atoms. The number of carboxylic acids is 1. The molecular weight excluding hydrogens is 278 g/mol. The molecule has 1 aliphatic rings. The van der Waals surface area contributed by atoms with Crippen LogP contribution in [0.1, 0.15) is 56.2 Å². The minimum Gasteiger partial charge on any atom is -0.480 e. The zero-order valence-corrected chi connectivity index (χ0v) is 13.2. The first-order chi connectivity index (χ1) is 10.7. The molecule has 4 N–H and O–H groups in total. The maximum Gasteiger partial charge on any atom is 0.320 e. The average molecular weight is 305 g/mol. The molecule has 1 atom stereocenters. The van der Waals surface area contributed by atoms with Crippen LogP contribution >= 0.6 is 0 Å². The van der Waals surface area contributed by atoms with Crippen LogP contribution in [0.15, 0.2) is 12.1 Å². The fraction of sp³-hybridized carbons (Fsp3) is 0.647. The summed E-state index contributed by atoms with van der Waals surface area (Å²) in [5.41, 5.74) is 7.98. The van der Waals surface area contributed by atoms with Gasteiger partial charge in [0.15, 0.2) is 0 Å². The maximum atomic E-state index is 10.6. The van der Waals surface area contributed by atoms with E-state index in [0.717, 1.165) is 57.3 Å². The number of unbranched alkanes of at least 4 members (excludes halogenated alkanes) is 4. The molecule has 0 spiro atoms. The maximum absolute atomic E-state index is 10.6. The third-order valence-electron chi connectivity index (χ3n) is 4.22. The number of nitrogens with one attached hydrogen (secondary N) is 1. The number of carboxylic acid groups (broad SMARTS) is 1. The van der Waals surface area contributed by atoms with Gasteiger partial charge in [-0.3, -0.25) is 4.79 Å². The SMILES string of the molecule is N[C@H](CCCCCCCc1ccc2c(n1)NCCC2)C(=O)O. The topological polar surface area (TPSA) is 88.2 Å². The zero-order valence-electron chi connectivity index (χ0n) is 13.2. The predicted molar refractivity (Wildman–Crippen MR) is 88.1 cm³/mol. The van der Waals surface area contributed by atoms with E-state index in [-0.39, 0.29) is 0 Å². The first-order valence-corrected chi connectivity index (χ1v) is 8.38. The molecule has 1 aromatic rings. The van der Waals surface area contributed by atoms with Gasteiger partial charge in [-0.15, -0.1) is 0 Å². The highest BCUT2D eigenvalue weighted by Crippen LogP contribution is 2.20. The first kappa shape index (κ1) is 16.7. The number of pyridine rings is 1. The molecular formula is C17H27N3O2. The van der Waals surface area contributed by atoms with E-state index >= 15 is 0 Å². The molecule has 2 rings (SSSR count). The molecule has 1 aliphatic heterocycles. The van der Waals surface area contributed by atoms with Gasteiger partial charge in [-0.1, -0.05) is 31.7 Å². The van der Waals surface area contributed by atoms with Crippen LogP contribution in [0.3, 0.4) is 0 Å². The quantitative estimate of drug-likeness (QED) is 0.611. The van der Waals surface area contributed by atoms with Gasteiger partial charge in [0, 0.05) is 12.2 Å². The van der Waals surface area contributed by atoms with Crippen LogP contribution in [0.4, 0.5) is 5.82 Å². The summed E-state index contributed by atoms with van der Waals surface area (Å²) >= 11 is 0. The molecule has 5 heteroatoms. The molecule has 22 heavy (non-hydrogen) atoms. The van der Waals surface area contributed by atoms with Crippen LogP contribution in [0, 0.1) is 0 Å². The van der Waals surface area contributed by atoms with Crippen LogP contribution in [0.25, 0.3) is 0 Å². The second-order valence-corrected chi connectivity index (χ2v) is 6.09. The van der Waals surface area contributed by atoms with Crippen molar-refractivity contribution in [2.24, 2.45) is 5.73 Å². The average Bonchev–Trinajstić information content (AvgIpc) is 2.53. The van der Waals surface area contributed by atoms with Crippen molar-refractivity contribution in [2.45, 2.75) is 63.8 Å². The molecule has 1 aromatic heterocycles. The molecule has 0 radical (unpaired) electrons. The molecule has 0 saturated heterocycles. The number of hydrogen-bond donors (Lipinski definition) is 3. The number of rotatable bonds is 9. The Bertz CT molecular complexity index is 491. The van der Waals surface area contributed by atoms with Gasteiger partial charge in [0.25, 0.3) is 0 Å². The van der Waals surface area contributed by atoms with Gasteiger partial charge in [0.05, 0.1) is 0 Å². The van der Waals surface area contributed by atoms with Crippen LogP contribution in [0.5, 0.6) is 0 Å². The van der Waals surface area contributed by atoms with Gasteiger partial charge in [0.1, 0.15) is 11.9 Å². The van der Waals surface area contributed by atoms with Crippen molar-refractivity contribution in [3.8, 4) is 0 Å². The molecule has 0 unspecified atom stereocenters. The highest BCUT2D eigenvalue weighted by Gasteiger charge is 2.11. The number of nitrogens with zero attached hydrogens (tertiary/aromatic N) is 1. The van der Waals surface area contributed by atoms with E-state index < -0.39 is 12.0 Å². The normalized spacial score (nSPS) is 15.0. The summed E-state index contributed by atoms with van der Waals surface area (Å²) in [6.45, 7) is 1.03. The van der Waals surface area contributed by atoms with Gasteiger partial charge in [-0.05, 0) is 43.7 Å². The third-order valence-corrected chi connectivity index (χ3v) is 4.22. The van der Waals surface area contributed by atoms with Crippen molar-refractivity contribution in [3.05, 3.63) is 23.4 Å². The summed E-state index contributed by atoms with van der Waals surface area (Å²) in [6, 6.07) is 3.65. The fourth-order valence-corrected chi connectivity index (χ4v) is 2.83. The Hall–Kier alpha value is -1.62. The van der Waals surface area contributed by atoms with E-state index in [9.17, 15) is 4.79 Å². The number of fused-ring (bicyclic) bond motifs is 1. The molecule has 0 aromatic carbocycles. The van der Waals surface area contributed by atoms with E-state index in [1.54, 1.807) is 0 Å². The summed E-state index contributed by atoms with van der Waals surface area (Å²) in [5, 5.41) is 12.1. The van der Waals surface area contributed by atoms with Crippen molar-refractivity contribution in [1.82, 2.24) is 4.98 Å². The molecule has 0 aliphatic carbocycles. The lowest BCUT2D eigenvalue weighted by Crippen LogP contribution is -2.29. The first-order valence-electron chi connectivity index (χ1n) is 8.38. The summed E-state index contributed by atoms with van der Waals surface area (Å²) in [4.78, 5) is 15.3. The van der Waals surface area contributed by atoms with Gasteiger partial charge in [-0.2, -0.15) is 0 Å². The smallest absolute Gasteiger partial charge is 0.320 e. The number of aliphatic carboxylic acids is 1. The van der Waals surface area contributed by atoms with Crippen molar-refractivity contribution < 1.29 is 9.90 Å². The Morgan fingerprint density at radius 2 is 2.05 bits per heavy atom. The fourth-order valence-electron chi connectivity index (χ4n) is 2.83. The Labute approximate surface area is 132 Å². The molecule has 0 fully saturated rings. The third kappa shape index (κ3) is 5.30. The summed E-state index contributed by atoms with van der Waals surface area (Å²) in [5.74, 6) is 0.179. The monoisotopic (exact) mass is 305 g/mol. The number of hydrogen-bond acceptors (Lipinski definition) is 4. The number of anilines is 1. The second kappa shape index (κ2) is 8.73. The molecule has 2 heterocycles. The summed E-state index contributed by atoms with van der Waals surface area (Å²) in [7, 11) is 0. The number of carbonyl (C=O) groups is 1. The lowest BCUT2D eigenvalue weighted by atomic mass is 10.0. The van der Waals surface area contributed by atoms with Gasteiger partial charge < -0.3 is 16.2 Å². The van der Waals surface area contributed by atoms with E-state index in [4.69, 9.17) is 15.8 Å². The van der Waals surface area contributed by atoms with Gasteiger partial charge in [0.2, 0.25) is 0 Å². The van der Waals surface area contributed by atoms with Crippen molar-refractivity contribution in [2.75, 3.05) is 11.9 Å². The van der Waals surface area contributed by atoms with Crippen molar-refractivity contribution in [1.29, 1.82) is 0 Å². The highest BCUT2D eigenvalue weighted by atomic mass is 16.4. The van der Waals surface area contributed by atoms with E-state index in [1.807, 2.05) is 0 Å². The minimum atomic E-state index is -0.896. The Kier molecular flexibility index (Phi) is 6.65. The molecule has 5 nitrogen and oxygen atoms in total. The van der Waals surface area contributed by atoms with Crippen molar-refractivity contribution in [3.63, 3.8) is 0 Å². The largest absolute Gasteiger partial charge is 0.480 e. The lowest BCUT2D eigenvalue weighted by molar-refractivity contribution is -0.138. The Morgan fingerprint density at radius 3 is 2.86 bits per heavy atom. The predicted octanol–water partition coefficient (Wildman–Crippen LogP) is 2.73. The molecule has 122 valence electrons. The standard InChI is InChI=1S/C17H27N3O2/c18-15(17(21)22)9-5-3-1-2-4-8-14-11-10-13-7-6-12-19-16(13)20-14/h10-11,15H,1-9,12,18H2,(H,19,20)(H,21,22)/t15-/m1/s1.